The number of carbonyl (C=O) groups excluding carboxylic acids is 1. The van der Waals surface area contributed by atoms with Gasteiger partial charge in [-0.1, -0.05) is 23.2 Å². The fourth-order valence-electron chi connectivity index (χ4n) is 4.77. The number of anilines is 1. The number of amides is 1. The molecular formula is C23H24Cl2F3N3O3S. The monoisotopic (exact) mass is 549 g/mol. The average molecular weight is 550 g/mol. The number of pyridine rings is 1. The van der Waals surface area contributed by atoms with Gasteiger partial charge in [0, 0.05) is 29.1 Å². The summed E-state index contributed by atoms with van der Waals surface area (Å²) in [5.41, 5.74) is 2.12. The zero-order valence-electron chi connectivity index (χ0n) is 18.8. The number of sulfone groups is 1. The normalized spacial score (nSPS) is 19.3. The second-order valence-corrected chi connectivity index (χ2v) is 12.1. The molecule has 1 N–H and O–H groups in total. The third-order valence-corrected chi connectivity index (χ3v) is 9.03. The minimum absolute atomic E-state index is 0.0180. The van der Waals surface area contributed by atoms with Gasteiger partial charge in [0.15, 0.2) is 6.04 Å². The van der Waals surface area contributed by atoms with Crippen LogP contribution < -0.4 is 5.32 Å². The number of carbonyl (C=O) groups is 1. The van der Waals surface area contributed by atoms with Gasteiger partial charge in [-0.15, -0.1) is 0 Å². The lowest BCUT2D eigenvalue weighted by molar-refractivity contribution is -0.191. The Hall–Kier alpha value is -2.04. The van der Waals surface area contributed by atoms with E-state index in [1.807, 2.05) is 0 Å². The third-order valence-electron chi connectivity index (χ3n) is 6.60. The van der Waals surface area contributed by atoms with E-state index in [1.54, 1.807) is 12.1 Å². The van der Waals surface area contributed by atoms with Crippen LogP contribution in [-0.4, -0.2) is 55.0 Å². The molecule has 2 heterocycles. The van der Waals surface area contributed by atoms with Crippen LogP contribution >= 0.6 is 23.2 Å². The summed E-state index contributed by atoms with van der Waals surface area (Å²) < 4.78 is 65.2. The molecule has 1 aromatic heterocycles. The lowest BCUT2D eigenvalue weighted by atomic mass is 9.99. The molecule has 1 aliphatic heterocycles. The number of hydrogen-bond donors (Lipinski definition) is 1. The summed E-state index contributed by atoms with van der Waals surface area (Å²) in [5, 5.41) is 4.51. The molecule has 190 valence electrons. The molecule has 4 rings (SSSR count). The third kappa shape index (κ3) is 5.70. The highest BCUT2D eigenvalue weighted by Gasteiger charge is 2.47. The zero-order chi connectivity index (χ0) is 25.5. The molecule has 1 saturated heterocycles. The Balaban J connectivity index is 1.47. The molecule has 1 unspecified atom stereocenters. The van der Waals surface area contributed by atoms with Gasteiger partial charge in [0.2, 0.25) is 5.91 Å². The van der Waals surface area contributed by atoms with E-state index < -0.39 is 33.9 Å². The number of alkyl halides is 3. The van der Waals surface area contributed by atoms with Crippen molar-refractivity contribution in [1.82, 2.24) is 9.88 Å². The predicted octanol–water partition coefficient (Wildman–Crippen LogP) is 4.85. The molecule has 0 spiro atoms. The van der Waals surface area contributed by atoms with Crippen molar-refractivity contribution in [3.8, 4) is 0 Å². The topological polar surface area (TPSA) is 79.4 Å². The minimum atomic E-state index is -4.76. The van der Waals surface area contributed by atoms with Gasteiger partial charge in [0.25, 0.3) is 0 Å². The molecule has 1 aliphatic carbocycles. The molecule has 6 nitrogen and oxygen atoms in total. The van der Waals surface area contributed by atoms with Crippen LogP contribution in [-0.2, 0) is 27.5 Å². The van der Waals surface area contributed by atoms with Gasteiger partial charge in [0.05, 0.1) is 29.1 Å². The maximum Gasteiger partial charge on any atom is 0.414 e. The number of halogens is 5. The smallest absolute Gasteiger partial charge is 0.380 e. The van der Waals surface area contributed by atoms with E-state index in [-0.39, 0.29) is 36.1 Å². The van der Waals surface area contributed by atoms with E-state index in [1.165, 1.54) is 18.3 Å². The number of fused-ring (bicyclic) bond motifs is 1. The Labute approximate surface area is 211 Å². The molecular weight excluding hydrogens is 526 g/mol. The second kappa shape index (κ2) is 9.78. The summed E-state index contributed by atoms with van der Waals surface area (Å²) in [5.74, 6) is -1.90. The minimum Gasteiger partial charge on any atom is -0.380 e. The van der Waals surface area contributed by atoms with Gasteiger partial charge in [-0.2, -0.15) is 13.2 Å². The summed E-state index contributed by atoms with van der Waals surface area (Å²) in [6, 6.07) is 3.94. The van der Waals surface area contributed by atoms with Crippen molar-refractivity contribution in [2.75, 3.05) is 23.9 Å². The van der Waals surface area contributed by atoms with Crippen LogP contribution in [0, 0.1) is 5.92 Å². The molecule has 0 saturated carbocycles. The van der Waals surface area contributed by atoms with E-state index in [4.69, 9.17) is 23.2 Å². The van der Waals surface area contributed by atoms with Crippen molar-refractivity contribution >= 4 is 44.6 Å². The quantitative estimate of drug-likeness (QED) is 0.576. The summed E-state index contributed by atoms with van der Waals surface area (Å²) >= 11 is 12.5. The Morgan fingerprint density at radius 1 is 1.09 bits per heavy atom. The van der Waals surface area contributed by atoms with Gasteiger partial charge >= 0.3 is 6.18 Å². The molecule has 2 aromatic rings. The van der Waals surface area contributed by atoms with Gasteiger partial charge in [0.1, 0.15) is 9.84 Å². The zero-order valence-corrected chi connectivity index (χ0v) is 21.1. The Bertz CT molecular complexity index is 1180. The Morgan fingerprint density at radius 3 is 2.14 bits per heavy atom. The van der Waals surface area contributed by atoms with Gasteiger partial charge in [-0.25, -0.2) is 8.42 Å². The van der Waals surface area contributed by atoms with Crippen LogP contribution in [0.3, 0.4) is 0 Å². The summed E-state index contributed by atoms with van der Waals surface area (Å²) in [4.78, 5) is 17.5. The average Bonchev–Trinajstić information content (AvgIpc) is 3.21. The molecule has 1 aromatic carbocycles. The van der Waals surface area contributed by atoms with E-state index in [0.717, 1.165) is 18.2 Å². The highest BCUT2D eigenvalue weighted by atomic mass is 35.5. The van der Waals surface area contributed by atoms with E-state index in [0.29, 0.717) is 33.5 Å². The number of hydrogen-bond acceptors (Lipinski definition) is 5. The van der Waals surface area contributed by atoms with Gasteiger partial charge < -0.3 is 10.2 Å². The highest BCUT2D eigenvalue weighted by molar-refractivity contribution is 7.91. The Morgan fingerprint density at radius 2 is 1.66 bits per heavy atom. The number of nitrogens with zero attached hydrogens (tertiary/aromatic N) is 2. The molecule has 1 amide bonds. The second-order valence-electron chi connectivity index (χ2n) is 9.03. The summed E-state index contributed by atoms with van der Waals surface area (Å²) in [7, 11) is -2.16. The Kier molecular flexibility index (Phi) is 7.28. The van der Waals surface area contributed by atoms with Crippen LogP contribution in [0.1, 0.15) is 35.7 Å². The maximum absolute atomic E-state index is 14.0. The largest absolute Gasteiger partial charge is 0.414 e. The van der Waals surface area contributed by atoms with Crippen molar-refractivity contribution in [1.29, 1.82) is 0 Å². The fraction of sp³-hybridized carbons (Fsp3) is 0.478. The standard InChI is InChI=1S/C23H24Cl2F3N3O3S/c1-31(22(32)13-6-8-35(33,34)9-7-13)21(23(26,27)28)20-5-2-14(12-29-20)30-15-10-16-17(11-15)19(25)4-3-18(16)24/h2-5,12-13,15,21,30H,6-11H2,1H3. The molecule has 2 aliphatic rings. The molecule has 0 bridgehead atoms. The van der Waals surface area contributed by atoms with Gasteiger partial charge in [-0.05, 0) is 61.1 Å². The number of aromatic nitrogens is 1. The number of nitrogens with one attached hydrogen (secondary N) is 1. The first-order chi connectivity index (χ1) is 16.4. The highest BCUT2D eigenvalue weighted by Crippen LogP contribution is 2.39. The maximum atomic E-state index is 14.0. The SMILES string of the molecule is CN(C(=O)C1CCS(=O)(=O)CC1)C(c1ccc(NC2Cc3c(Cl)ccc(Cl)c3C2)cn1)C(F)(F)F. The molecule has 1 fully saturated rings. The van der Waals surface area contributed by atoms with E-state index >= 15 is 0 Å². The molecule has 35 heavy (non-hydrogen) atoms. The van der Waals surface area contributed by atoms with Crippen LogP contribution in [0.4, 0.5) is 18.9 Å². The molecule has 1 atom stereocenters. The molecule has 0 radical (unpaired) electrons. The number of rotatable bonds is 5. The van der Waals surface area contributed by atoms with Crippen molar-refractivity contribution in [3.05, 3.63) is 57.3 Å². The first kappa shape index (κ1) is 26.0. The van der Waals surface area contributed by atoms with Crippen LogP contribution in [0.15, 0.2) is 30.5 Å². The first-order valence-electron chi connectivity index (χ1n) is 11.1. The fourth-order valence-corrected chi connectivity index (χ4v) is 6.77. The van der Waals surface area contributed by atoms with Gasteiger partial charge in [-0.3, -0.25) is 9.78 Å². The lowest BCUT2D eigenvalue weighted by Gasteiger charge is -2.33. The number of benzene rings is 1. The lowest BCUT2D eigenvalue weighted by Crippen LogP contribution is -2.44. The molecule has 12 heteroatoms. The van der Waals surface area contributed by atoms with Crippen LogP contribution in [0.2, 0.25) is 10.0 Å². The van der Waals surface area contributed by atoms with E-state index in [9.17, 15) is 26.4 Å². The van der Waals surface area contributed by atoms with Crippen molar-refractivity contribution in [3.63, 3.8) is 0 Å². The van der Waals surface area contributed by atoms with Crippen molar-refractivity contribution in [2.24, 2.45) is 5.92 Å². The van der Waals surface area contributed by atoms with Crippen molar-refractivity contribution < 1.29 is 26.4 Å². The van der Waals surface area contributed by atoms with Crippen LogP contribution in [0.25, 0.3) is 0 Å². The van der Waals surface area contributed by atoms with Crippen LogP contribution in [0.5, 0.6) is 0 Å². The van der Waals surface area contributed by atoms with E-state index in [2.05, 4.69) is 10.3 Å². The summed E-state index contributed by atoms with van der Waals surface area (Å²) in [6.07, 6.45) is -2.17. The van der Waals surface area contributed by atoms with Crippen molar-refractivity contribution in [2.45, 2.75) is 43.9 Å². The first-order valence-corrected chi connectivity index (χ1v) is 13.7. The summed E-state index contributed by atoms with van der Waals surface area (Å²) in [6.45, 7) is 0. The predicted molar refractivity (Wildman–Crippen MR) is 128 cm³/mol.